The molecule has 0 saturated heterocycles. The standard InChI is InChI=1S/C24H22BrClN2O4/c1-3-16-10-15(13-27-28-24(30)17-8-9-21(29)20(26)12-17)11-22(31-2)23(16)32-14-18-6-4-5-7-19(18)25/h4-13,29H,3,14H2,1-2H3,(H,28,30). The van der Waals surface area contributed by atoms with E-state index in [1.54, 1.807) is 13.2 Å². The maximum absolute atomic E-state index is 12.2. The van der Waals surface area contributed by atoms with Crippen molar-refractivity contribution in [1.82, 2.24) is 5.43 Å². The minimum atomic E-state index is -0.445. The molecule has 0 aliphatic heterocycles. The highest BCUT2D eigenvalue weighted by atomic mass is 79.9. The number of halogens is 2. The fourth-order valence-electron chi connectivity index (χ4n) is 2.98. The third kappa shape index (κ3) is 5.81. The summed E-state index contributed by atoms with van der Waals surface area (Å²) in [6.07, 6.45) is 2.25. The van der Waals surface area contributed by atoms with Gasteiger partial charge >= 0.3 is 0 Å². The summed E-state index contributed by atoms with van der Waals surface area (Å²) in [5.41, 5.74) is 5.46. The van der Waals surface area contributed by atoms with Crippen LogP contribution in [0.5, 0.6) is 17.2 Å². The van der Waals surface area contributed by atoms with E-state index in [2.05, 4.69) is 26.5 Å². The van der Waals surface area contributed by atoms with Gasteiger partial charge in [-0.1, -0.05) is 52.7 Å². The lowest BCUT2D eigenvalue weighted by Crippen LogP contribution is -2.17. The number of hydrazone groups is 1. The largest absolute Gasteiger partial charge is 0.506 e. The molecule has 8 heteroatoms. The summed E-state index contributed by atoms with van der Waals surface area (Å²) in [6.45, 7) is 2.42. The molecule has 3 rings (SSSR count). The fourth-order valence-corrected chi connectivity index (χ4v) is 3.56. The van der Waals surface area contributed by atoms with E-state index < -0.39 is 5.91 Å². The Kier molecular flexibility index (Phi) is 8.14. The Hall–Kier alpha value is -3.03. The van der Waals surface area contributed by atoms with E-state index in [0.29, 0.717) is 18.1 Å². The van der Waals surface area contributed by atoms with Crippen LogP contribution in [0.2, 0.25) is 5.02 Å². The number of nitrogens with one attached hydrogen (secondary N) is 1. The zero-order valence-electron chi connectivity index (χ0n) is 17.6. The van der Waals surface area contributed by atoms with Crippen molar-refractivity contribution in [3.05, 3.63) is 86.3 Å². The summed E-state index contributed by atoms with van der Waals surface area (Å²) < 4.78 is 12.6. The van der Waals surface area contributed by atoms with Crippen molar-refractivity contribution in [2.75, 3.05) is 7.11 Å². The SMILES string of the molecule is CCc1cc(C=NNC(=O)c2ccc(O)c(Cl)c2)cc(OC)c1OCc1ccccc1Br. The van der Waals surface area contributed by atoms with Crippen LogP contribution in [-0.2, 0) is 13.0 Å². The number of ether oxygens (including phenoxy) is 2. The van der Waals surface area contributed by atoms with Crippen LogP contribution < -0.4 is 14.9 Å². The van der Waals surface area contributed by atoms with Crippen LogP contribution in [0.15, 0.2) is 64.2 Å². The molecule has 6 nitrogen and oxygen atoms in total. The normalized spacial score (nSPS) is 10.9. The van der Waals surface area contributed by atoms with Gasteiger partial charge in [-0.3, -0.25) is 4.79 Å². The van der Waals surface area contributed by atoms with Gasteiger partial charge in [0.25, 0.3) is 5.91 Å². The number of hydrogen-bond donors (Lipinski definition) is 2. The molecule has 32 heavy (non-hydrogen) atoms. The average molecular weight is 518 g/mol. The van der Waals surface area contributed by atoms with E-state index in [-0.39, 0.29) is 16.3 Å². The number of phenols is 1. The fraction of sp³-hybridized carbons (Fsp3) is 0.167. The summed E-state index contributed by atoms with van der Waals surface area (Å²) >= 11 is 9.38. The molecule has 3 aromatic rings. The Labute approximate surface area is 200 Å². The molecule has 0 aliphatic carbocycles. The molecule has 0 atom stereocenters. The first-order valence-corrected chi connectivity index (χ1v) is 11.0. The van der Waals surface area contributed by atoms with Gasteiger partial charge in [-0.05, 0) is 53.9 Å². The monoisotopic (exact) mass is 516 g/mol. The minimum Gasteiger partial charge on any atom is -0.506 e. The predicted molar refractivity (Wildman–Crippen MR) is 129 cm³/mol. The Bertz CT molecular complexity index is 1130. The van der Waals surface area contributed by atoms with Crippen LogP contribution in [0.3, 0.4) is 0 Å². The molecular weight excluding hydrogens is 496 g/mol. The third-order valence-corrected chi connectivity index (χ3v) is 5.75. The van der Waals surface area contributed by atoms with Crippen LogP contribution in [0, 0.1) is 0 Å². The lowest BCUT2D eigenvalue weighted by molar-refractivity contribution is 0.0955. The number of aromatic hydroxyl groups is 1. The number of nitrogens with zero attached hydrogens (tertiary/aromatic N) is 1. The molecule has 0 spiro atoms. The Morgan fingerprint density at radius 3 is 2.66 bits per heavy atom. The van der Waals surface area contributed by atoms with E-state index in [9.17, 15) is 9.90 Å². The third-order valence-electron chi connectivity index (χ3n) is 4.67. The van der Waals surface area contributed by atoms with Crippen LogP contribution in [-0.4, -0.2) is 24.3 Å². The number of phenolic OH excluding ortho intramolecular Hbond substituents is 1. The maximum Gasteiger partial charge on any atom is 0.271 e. The minimum absolute atomic E-state index is 0.0900. The first-order valence-electron chi connectivity index (χ1n) is 9.82. The van der Waals surface area contributed by atoms with E-state index in [0.717, 1.165) is 27.6 Å². The molecule has 2 N–H and O–H groups in total. The predicted octanol–water partition coefficient (Wildman–Crippen LogP) is 5.72. The van der Waals surface area contributed by atoms with E-state index in [4.69, 9.17) is 21.1 Å². The van der Waals surface area contributed by atoms with Crippen molar-refractivity contribution in [2.24, 2.45) is 5.10 Å². The van der Waals surface area contributed by atoms with Gasteiger partial charge in [-0.15, -0.1) is 0 Å². The number of amides is 1. The summed E-state index contributed by atoms with van der Waals surface area (Å²) in [4.78, 5) is 12.2. The van der Waals surface area contributed by atoms with Gasteiger partial charge in [0.1, 0.15) is 12.4 Å². The van der Waals surface area contributed by atoms with Gasteiger partial charge in [0.2, 0.25) is 0 Å². The van der Waals surface area contributed by atoms with Crippen LogP contribution >= 0.6 is 27.5 Å². The molecule has 0 aliphatic rings. The molecule has 3 aromatic carbocycles. The Balaban J connectivity index is 1.75. The van der Waals surface area contributed by atoms with Gasteiger partial charge in [0, 0.05) is 15.6 Å². The van der Waals surface area contributed by atoms with Crippen molar-refractivity contribution in [2.45, 2.75) is 20.0 Å². The highest BCUT2D eigenvalue weighted by molar-refractivity contribution is 9.10. The Morgan fingerprint density at radius 1 is 1.19 bits per heavy atom. The second kappa shape index (κ2) is 11.0. The van der Waals surface area contributed by atoms with Gasteiger partial charge in [-0.25, -0.2) is 5.43 Å². The zero-order valence-corrected chi connectivity index (χ0v) is 19.9. The second-order valence-electron chi connectivity index (χ2n) is 6.81. The molecule has 0 aromatic heterocycles. The molecule has 0 fully saturated rings. The summed E-state index contributed by atoms with van der Waals surface area (Å²) in [6, 6.07) is 15.8. The number of hydrogen-bond acceptors (Lipinski definition) is 5. The van der Waals surface area contributed by atoms with Crippen molar-refractivity contribution >= 4 is 39.7 Å². The highest BCUT2D eigenvalue weighted by Crippen LogP contribution is 2.34. The van der Waals surface area contributed by atoms with E-state index in [1.807, 2.05) is 37.3 Å². The zero-order chi connectivity index (χ0) is 23.1. The van der Waals surface area contributed by atoms with E-state index >= 15 is 0 Å². The van der Waals surface area contributed by atoms with Gasteiger partial charge < -0.3 is 14.6 Å². The van der Waals surface area contributed by atoms with Crippen LogP contribution in [0.25, 0.3) is 0 Å². The van der Waals surface area contributed by atoms with Crippen LogP contribution in [0.4, 0.5) is 0 Å². The number of benzene rings is 3. The van der Waals surface area contributed by atoms with Gasteiger partial charge in [0.05, 0.1) is 18.3 Å². The smallest absolute Gasteiger partial charge is 0.271 e. The molecule has 0 saturated carbocycles. The molecule has 1 amide bonds. The topological polar surface area (TPSA) is 80.2 Å². The average Bonchev–Trinajstić information content (AvgIpc) is 2.80. The quantitative estimate of drug-likeness (QED) is 0.296. The number of rotatable bonds is 8. The highest BCUT2D eigenvalue weighted by Gasteiger charge is 2.13. The lowest BCUT2D eigenvalue weighted by atomic mass is 10.1. The van der Waals surface area contributed by atoms with Crippen molar-refractivity contribution in [3.63, 3.8) is 0 Å². The number of methoxy groups -OCH3 is 1. The van der Waals surface area contributed by atoms with Gasteiger partial charge in [0.15, 0.2) is 11.5 Å². The lowest BCUT2D eigenvalue weighted by Gasteiger charge is -2.16. The summed E-state index contributed by atoms with van der Waals surface area (Å²) in [5, 5.41) is 13.6. The Morgan fingerprint density at radius 2 is 1.97 bits per heavy atom. The van der Waals surface area contributed by atoms with E-state index in [1.165, 1.54) is 24.4 Å². The second-order valence-corrected chi connectivity index (χ2v) is 8.07. The molecular formula is C24H22BrClN2O4. The molecule has 0 heterocycles. The summed E-state index contributed by atoms with van der Waals surface area (Å²) in [5.74, 6) is 0.715. The van der Waals surface area contributed by atoms with Crippen molar-refractivity contribution in [3.8, 4) is 17.2 Å². The first-order chi connectivity index (χ1) is 15.4. The number of carbonyl (C=O) groups is 1. The molecule has 0 radical (unpaired) electrons. The van der Waals surface area contributed by atoms with Crippen molar-refractivity contribution < 1.29 is 19.4 Å². The molecule has 0 bridgehead atoms. The molecule has 0 unspecified atom stereocenters. The first kappa shape index (κ1) is 23.6. The maximum atomic E-state index is 12.2. The number of aryl methyl sites for hydroxylation is 1. The summed E-state index contributed by atoms with van der Waals surface area (Å²) in [7, 11) is 1.58. The molecule has 166 valence electrons. The van der Waals surface area contributed by atoms with Crippen molar-refractivity contribution in [1.29, 1.82) is 0 Å². The van der Waals surface area contributed by atoms with Crippen LogP contribution in [0.1, 0.15) is 34.0 Å². The number of carbonyl (C=O) groups excluding carboxylic acids is 1. The van der Waals surface area contributed by atoms with Gasteiger partial charge in [-0.2, -0.15) is 5.10 Å².